The average molecular weight is 390 g/mol. The lowest BCUT2D eigenvalue weighted by atomic mass is 10.1. The largest absolute Gasteiger partial charge is 0.354 e. The Bertz CT molecular complexity index is 820. The minimum atomic E-state index is -0.630. The Kier molecular flexibility index (Phi) is 6.80. The van der Waals surface area contributed by atoms with Gasteiger partial charge in [-0.25, -0.2) is 0 Å². The Labute approximate surface area is 161 Å². The van der Waals surface area contributed by atoms with Gasteiger partial charge in [-0.05, 0) is 12.5 Å². The number of nitro benzene ring substituents is 1. The smallest absolute Gasteiger partial charge is 0.270 e. The van der Waals surface area contributed by atoms with Gasteiger partial charge in [-0.3, -0.25) is 34.2 Å². The summed E-state index contributed by atoms with van der Waals surface area (Å²) in [5, 5.41) is 16.1. The number of carbonyl (C=O) groups is 4. The molecule has 0 fully saturated rings. The SMILES string of the molecule is CC(C)C(=O)NCCNC(=O)CCCN1C(=O)c2ccc([N+](=O)[O-])cc2C1=O. The Hall–Kier alpha value is -3.30. The molecule has 1 aliphatic rings. The molecule has 1 aliphatic heterocycles. The second kappa shape index (κ2) is 9.07. The van der Waals surface area contributed by atoms with Crippen molar-refractivity contribution < 1.29 is 24.1 Å². The lowest BCUT2D eigenvalue weighted by Gasteiger charge is -2.13. The predicted molar refractivity (Wildman–Crippen MR) is 98.6 cm³/mol. The van der Waals surface area contributed by atoms with Crippen molar-refractivity contribution in [2.24, 2.45) is 5.92 Å². The van der Waals surface area contributed by atoms with Crippen LogP contribution in [0.2, 0.25) is 0 Å². The standard InChI is InChI=1S/C18H22N4O6/c1-11(2)16(24)20-8-7-19-15(23)4-3-9-21-17(25)13-6-5-12(22(27)28)10-14(13)18(21)26/h5-6,10-11H,3-4,7-9H2,1-2H3,(H,19,23)(H,20,24). The van der Waals surface area contributed by atoms with E-state index in [1.165, 1.54) is 12.1 Å². The molecule has 1 heterocycles. The monoisotopic (exact) mass is 390 g/mol. The third kappa shape index (κ3) is 4.90. The molecule has 150 valence electrons. The van der Waals surface area contributed by atoms with Crippen LogP contribution in [0.15, 0.2) is 18.2 Å². The number of benzene rings is 1. The molecule has 0 aromatic heterocycles. The Balaban J connectivity index is 1.78. The van der Waals surface area contributed by atoms with Crippen LogP contribution in [0.1, 0.15) is 47.4 Å². The van der Waals surface area contributed by atoms with Gasteiger partial charge in [0.2, 0.25) is 11.8 Å². The third-order valence-electron chi connectivity index (χ3n) is 4.22. The van der Waals surface area contributed by atoms with E-state index in [1.54, 1.807) is 13.8 Å². The van der Waals surface area contributed by atoms with Gasteiger partial charge in [0, 0.05) is 44.1 Å². The summed E-state index contributed by atoms with van der Waals surface area (Å²) in [6, 6.07) is 3.54. The van der Waals surface area contributed by atoms with Crippen molar-refractivity contribution in [2.75, 3.05) is 19.6 Å². The zero-order valence-electron chi connectivity index (χ0n) is 15.7. The molecule has 0 bridgehead atoms. The topological polar surface area (TPSA) is 139 Å². The Morgan fingerprint density at radius 3 is 2.39 bits per heavy atom. The van der Waals surface area contributed by atoms with E-state index in [9.17, 15) is 29.3 Å². The van der Waals surface area contributed by atoms with Crippen LogP contribution >= 0.6 is 0 Å². The fourth-order valence-electron chi connectivity index (χ4n) is 2.67. The molecule has 10 heteroatoms. The van der Waals surface area contributed by atoms with Gasteiger partial charge in [-0.2, -0.15) is 0 Å². The quantitative estimate of drug-likeness (QED) is 0.277. The fraction of sp³-hybridized carbons (Fsp3) is 0.444. The van der Waals surface area contributed by atoms with E-state index in [1.807, 2.05) is 0 Å². The summed E-state index contributed by atoms with van der Waals surface area (Å²) in [6.45, 7) is 4.18. The molecular formula is C18H22N4O6. The summed E-state index contributed by atoms with van der Waals surface area (Å²) in [5.41, 5.74) is -0.129. The van der Waals surface area contributed by atoms with Gasteiger partial charge < -0.3 is 10.6 Å². The van der Waals surface area contributed by atoms with Crippen molar-refractivity contribution >= 4 is 29.3 Å². The molecular weight excluding hydrogens is 368 g/mol. The summed E-state index contributed by atoms with van der Waals surface area (Å²) in [5.74, 6) is -1.60. The summed E-state index contributed by atoms with van der Waals surface area (Å²) < 4.78 is 0. The zero-order valence-corrected chi connectivity index (χ0v) is 15.7. The molecule has 4 amide bonds. The number of imide groups is 1. The van der Waals surface area contributed by atoms with Gasteiger partial charge in [0.25, 0.3) is 17.5 Å². The summed E-state index contributed by atoms with van der Waals surface area (Å²) in [6.07, 6.45) is 0.365. The Morgan fingerprint density at radius 2 is 1.75 bits per heavy atom. The molecule has 2 N–H and O–H groups in total. The number of hydrogen-bond donors (Lipinski definition) is 2. The number of amides is 4. The number of hydrogen-bond acceptors (Lipinski definition) is 6. The van der Waals surface area contributed by atoms with E-state index in [2.05, 4.69) is 10.6 Å². The first-order valence-electron chi connectivity index (χ1n) is 8.91. The van der Waals surface area contributed by atoms with Crippen LogP contribution in [0.4, 0.5) is 5.69 Å². The Morgan fingerprint density at radius 1 is 1.11 bits per heavy atom. The van der Waals surface area contributed by atoms with Crippen LogP contribution in [-0.4, -0.2) is 53.1 Å². The highest BCUT2D eigenvalue weighted by molar-refractivity contribution is 6.21. The second-order valence-electron chi connectivity index (χ2n) is 6.65. The van der Waals surface area contributed by atoms with Gasteiger partial charge in [0.15, 0.2) is 0 Å². The molecule has 0 saturated carbocycles. The molecule has 0 unspecified atom stereocenters. The van der Waals surface area contributed by atoms with Crippen molar-refractivity contribution in [2.45, 2.75) is 26.7 Å². The number of nitrogens with zero attached hydrogens (tertiary/aromatic N) is 2. The average Bonchev–Trinajstić information content (AvgIpc) is 2.89. The molecule has 10 nitrogen and oxygen atoms in total. The number of non-ortho nitro benzene ring substituents is 1. The van der Waals surface area contributed by atoms with Gasteiger partial charge in [-0.1, -0.05) is 13.8 Å². The van der Waals surface area contributed by atoms with Crippen LogP contribution in [0.3, 0.4) is 0 Å². The lowest BCUT2D eigenvalue weighted by molar-refractivity contribution is -0.384. The highest BCUT2D eigenvalue weighted by Gasteiger charge is 2.36. The van der Waals surface area contributed by atoms with Gasteiger partial charge in [-0.15, -0.1) is 0 Å². The summed E-state index contributed by atoms with van der Waals surface area (Å²) in [7, 11) is 0. The van der Waals surface area contributed by atoms with E-state index in [4.69, 9.17) is 0 Å². The van der Waals surface area contributed by atoms with Crippen molar-refractivity contribution in [3.63, 3.8) is 0 Å². The number of nitro groups is 1. The highest BCUT2D eigenvalue weighted by atomic mass is 16.6. The molecule has 0 saturated heterocycles. The van der Waals surface area contributed by atoms with E-state index in [-0.39, 0.29) is 60.5 Å². The van der Waals surface area contributed by atoms with E-state index in [0.717, 1.165) is 11.0 Å². The van der Waals surface area contributed by atoms with E-state index < -0.39 is 16.7 Å². The van der Waals surface area contributed by atoms with Crippen LogP contribution in [0.5, 0.6) is 0 Å². The minimum absolute atomic E-state index is 0.00421. The maximum absolute atomic E-state index is 12.3. The molecule has 1 aromatic carbocycles. The number of fused-ring (bicyclic) bond motifs is 1. The third-order valence-corrected chi connectivity index (χ3v) is 4.22. The minimum Gasteiger partial charge on any atom is -0.354 e. The highest BCUT2D eigenvalue weighted by Crippen LogP contribution is 2.26. The van der Waals surface area contributed by atoms with Crippen LogP contribution < -0.4 is 10.6 Å². The molecule has 2 rings (SSSR count). The van der Waals surface area contributed by atoms with Crippen molar-refractivity contribution in [1.29, 1.82) is 0 Å². The molecule has 0 aliphatic carbocycles. The first-order chi connectivity index (χ1) is 13.2. The zero-order chi connectivity index (χ0) is 20.8. The van der Waals surface area contributed by atoms with E-state index >= 15 is 0 Å². The van der Waals surface area contributed by atoms with Crippen molar-refractivity contribution in [3.05, 3.63) is 39.4 Å². The number of rotatable bonds is 9. The number of carbonyl (C=O) groups excluding carboxylic acids is 4. The van der Waals surface area contributed by atoms with Crippen LogP contribution in [-0.2, 0) is 9.59 Å². The first-order valence-corrected chi connectivity index (χ1v) is 8.91. The summed E-state index contributed by atoms with van der Waals surface area (Å²) in [4.78, 5) is 59.0. The maximum atomic E-state index is 12.3. The first kappa shape index (κ1) is 21.0. The summed E-state index contributed by atoms with van der Waals surface area (Å²) >= 11 is 0. The van der Waals surface area contributed by atoms with Crippen LogP contribution in [0, 0.1) is 16.0 Å². The molecule has 1 aromatic rings. The van der Waals surface area contributed by atoms with Crippen LogP contribution in [0.25, 0.3) is 0 Å². The normalized spacial score (nSPS) is 12.9. The lowest BCUT2D eigenvalue weighted by Crippen LogP contribution is -2.36. The predicted octanol–water partition coefficient (Wildman–Crippen LogP) is 0.859. The maximum Gasteiger partial charge on any atom is 0.270 e. The van der Waals surface area contributed by atoms with E-state index in [0.29, 0.717) is 6.54 Å². The van der Waals surface area contributed by atoms with Gasteiger partial charge >= 0.3 is 0 Å². The van der Waals surface area contributed by atoms with Crippen molar-refractivity contribution in [3.8, 4) is 0 Å². The molecule has 0 spiro atoms. The number of nitrogens with one attached hydrogen (secondary N) is 2. The fourth-order valence-corrected chi connectivity index (χ4v) is 2.67. The molecule has 28 heavy (non-hydrogen) atoms. The molecule has 0 atom stereocenters. The molecule has 0 radical (unpaired) electrons. The van der Waals surface area contributed by atoms with Gasteiger partial charge in [0.05, 0.1) is 16.1 Å². The van der Waals surface area contributed by atoms with Crippen molar-refractivity contribution in [1.82, 2.24) is 15.5 Å². The second-order valence-corrected chi connectivity index (χ2v) is 6.65. The van der Waals surface area contributed by atoms with Gasteiger partial charge in [0.1, 0.15) is 0 Å².